The monoisotopic (exact) mass is 433 g/mol. The van der Waals surface area contributed by atoms with Gasteiger partial charge < -0.3 is 19.3 Å². The Morgan fingerprint density at radius 1 is 1.22 bits per heavy atom. The molecule has 3 aliphatic rings. The molecule has 3 fully saturated rings. The fourth-order valence-electron chi connectivity index (χ4n) is 5.20. The number of carbonyl (C=O) groups is 1. The minimum Gasteiger partial charge on any atom is -0.481 e. The number of likely N-dealkylation sites (tertiary alicyclic amines) is 1. The summed E-state index contributed by atoms with van der Waals surface area (Å²) in [6.07, 6.45) is 8.31. The number of pyridine rings is 2. The third-order valence-electron chi connectivity index (χ3n) is 7.08. The lowest BCUT2D eigenvalue weighted by molar-refractivity contribution is -0.154. The smallest absolute Gasteiger partial charge is 0.248 e. The standard InChI is InChI=1S/C24H27N5O3/c1-31-22-11-18(7-10-26-22)24(8-2-9-24)32-16-23(30)28-14-19-4-5-20(15-28)29(19)21-6-3-17(12-25)13-27-21/h3,6-7,10-11,13,19-20H,2,4-5,8-9,14-16H2,1H3. The SMILES string of the molecule is COc1cc(C2(OCC(=O)N3CC4CCC(C3)N4c3ccc(C#N)cn3)CCC2)ccn1. The number of methoxy groups -OCH3 is 1. The van der Waals surface area contributed by atoms with E-state index in [-0.39, 0.29) is 24.6 Å². The second kappa shape index (κ2) is 8.40. The van der Waals surface area contributed by atoms with E-state index in [0.29, 0.717) is 24.5 Å². The minimum absolute atomic E-state index is 0.0432. The highest BCUT2D eigenvalue weighted by molar-refractivity contribution is 5.78. The molecule has 8 nitrogen and oxygen atoms in total. The molecule has 0 spiro atoms. The lowest BCUT2D eigenvalue weighted by Crippen LogP contribution is -2.56. The Morgan fingerprint density at radius 2 is 2.00 bits per heavy atom. The van der Waals surface area contributed by atoms with Crippen LogP contribution >= 0.6 is 0 Å². The van der Waals surface area contributed by atoms with Crippen LogP contribution in [0.25, 0.3) is 0 Å². The molecular formula is C24H27N5O3. The van der Waals surface area contributed by atoms with Crippen LogP contribution in [-0.4, -0.2) is 59.7 Å². The quantitative estimate of drug-likeness (QED) is 0.691. The fourth-order valence-corrected chi connectivity index (χ4v) is 5.20. The molecule has 5 rings (SSSR count). The van der Waals surface area contributed by atoms with E-state index in [1.165, 1.54) is 0 Å². The third kappa shape index (κ3) is 3.67. The first kappa shape index (κ1) is 20.7. The second-order valence-electron chi connectivity index (χ2n) is 8.83. The summed E-state index contributed by atoms with van der Waals surface area (Å²) in [5, 5.41) is 9.01. The molecule has 166 valence electrons. The lowest BCUT2D eigenvalue weighted by atomic mass is 9.75. The number of aromatic nitrogens is 2. The van der Waals surface area contributed by atoms with Crippen molar-refractivity contribution >= 4 is 11.7 Å². The van der Waals surface area contributed by atoms with Gasteiger partial charge in [-0.05, 0) is 55.9 Å². The second-order valence-corrected chi connectivity index (χ2v) is 8.83. The first-order chi connectivity index (χ1) is 15.6. The molecule has 1 saturated carbocycles. The minimum atomic E-state index is -0.418. The number of anilines is 1. The van der Waals surface area contributed by atoms with Crippen molar-refractivity contribution in [2.75, 3.05) is 31.7 Å². The summed E-state index contributed by atoms with van der Waals surface area (Å²) in [6, 6.07) is 10.2. The third-order valence-corrected chi connectivity index (χ3v) is 7.08. The first-order valence-electron chi connectivity index (χ1n) is 11.2. The fraction of sp³-hybridized carbons (Fsp3) is 0.500. The summed E-state index contributed by atoms with van der Waals surface area (Å²) in [5.74, 6) is 1.49. The Bertz CT molecular complexity index is 1020. The summed E-state index contributed by atoms with van der Waals surface area (Å²) in [7, 11) is 1.60. The zero-order chi connectivity index (χ0) is 22.1. The van der Waals surface area contributed by atoms with E-state index >= 15 is 0 Å². The molecular weight excluding hydrogens is 406 g/mol. The summed E-state index contributed by atoms with van der Waals surface area (Å²) in [5.41, 5.74) is 1.17. The Hall–Kier alpha value is -3.18. The highest BCUT2D eigenvalue weighted by Gasteiger charge is 2.44. The van der Waals surface area contributed by atoms with Crippen LogP contribution in [0, 0.1) is 11.3 Å². The van der Waals surface area contributed by atoms with Crippen molar-refractivity contribution < 1.29 is 14.3 Å². The van der Waals surface area contributed by atoms with E-state index in [4.69, 9.17) is 14.7 Å². The van der Waals surface area contributed by atoms with Gasteiger partial charge in [0.2, 0.25) is 11.8 Å². The zero-order valence-electron chi connectivity index (χ0n) is 18.2. The van der Waals surface area contributed by atoms with E-state index in [0.717, 1.165) is 43.5 Å². The molecule has 2 saturated heterocycles. The van der Waals surface area contributed by atoms with Crippen LogP contribution in [0.2, 0.25) is 0 Å². The van der Waals surface area contributed by atoms with Crippen LogP contribution in [-0.2, 0) is 15.1 Å². The predicted molar refractivity (Wildman–Crippen MR) is 117 cm³/mol. The van der Waals surface area contributed by atoms with Gasteiger partial charge in [-0.1, -0.05) is 0 Å². The number of fused-ring (bicyclic) bond motifs is 2. The van der Waals surface area contributed by atoms with Gasteiger partial charge in [0, 0.05) is 43.6 Å². The lowest BCUT2D eigenvalue weighted by Gasteiger charge is -2.44. The van der Waals surface area contributed by atoms with E-state index in [1.54, 1.807) is 25.6 Å². The molecule has 2 aromatic rings. The number of amides is 1. The summed E-state index contributed by atoms with van der Waals surface area (Å²) in [6.45, 7) is 1.44. The largest absolute Gasteiger partial charge is 0.481 e. The molecule has 2 aromatic heterocycles. The Labute approximate surface area is 187 Å². The van der Waals surface area contributed by atoms with Gasteiger partial charge in [0.15, 0.2) is 0 Å². The van der Waals surface area contributed by atoms with Crippen molar-refractivity contribution in [3.63, 3.8) is 0 Å². The van der Waals surface area contributed by atoms with Crippen molar-refractivity contribution in [3.05, 3.63) is 47.8 Å². The molecule has 2 atom stereocenters. The zero-order valence-corrected chi connectivity index (χ0v) is 18.2. The summed E-state index contributed by atoms with van der Waals surface area (Å²) in [4.78, 5) is 26.0. The number of nitriles is 1. The number of hydrogen-bond acceptors (Lipinski definition) is 7. The number of carbonyl (C=O) groups excluding carboxylic acids is 1. The molecule has 0 aromatic carbocycles. The average Bonchev–Trinajstić information content (AvgIpc) is 3.07. The maximum absolute atomic E-state index is 13.1. The topological polar surface area (TPSA) is 91.6 Å². The van der Waals surface area contributed by atoms with Crippen molar-refractivity contribution in [1.82, 2.24) is 14.9 Å². The normalized spacial score (nSPS) is 23.4. The molecule has 2 unspecified atom stereocenters. The van der Waals surface area contributed by atoms with Crippen LogP contribution in [0.4, 0.5) is 5.82 Å². The molecule has 0 radical (unpaired) electrons. The highest BCUT2D eigenvalue weighted by atomic mass is 16.5. The molecule has 4 heterocycles. The molecule has 2 aliphatic heterocycles. The molecule has 32 heavy (non-hydrogen) atoms. The van der Waals surface area contributed by atoms with E-state index < -0.39 is 5.60 Å². The van der Waals surface area contributed by atoms with Gasteiger partial charge in [-0.3, -0.25) is 4.79 Å². The molecule has 2 bridgehead atoms. The number of hydrogen-bond donors (Lipinski definition) is 0. The van der Waals surface area contributed by atoms with Crippen molar-refractivity contribution in [2.45, 2.75) is 49.8 Å². The molecule has 0 N–H and O–H groups in total. The number of piperazine rings is 1. The summed E-state index contributed by atoms with van der Waals surface area (Å²) < 4.78 is 11.5. The van der Waals surface area contributed by atoms with Gasteiger partial charge in [0.25, 0.3) is 0 Å². The summed E-state index contributed by atoms with van der Waals surface area (Å²) >= 11 is 0. The number of ether oxygens (including phenoxy) is 2. The highest BCUT2D eigenvalue weighted by Crippen LogP contribution is 2.45. The van der Waals surface area contributed by atoms with Crippen LogP contribution < -0.4 is 9.64 Å². The van der Waals surface area contributed by atoms with Crippen LogP contribution in [0.5, 0.6) is 5.88 Å². The van der Waals surface area contributed by atoms with E-state index in [1.807, 2.05) is 23.1 Å². The molecule has 8 heteroatoms. The van der Waals surface area contributed by atoms with Crippen LogP contribution in [0.3, 0.4) is 0 Å². The van der Waals surface area contributed by atoms with Gasteiger partial charge in [-0.2, -0.15) is 5.26 Å². The van der Waals surface area contributed by atoms with E-state index in [9.17, 15) is 4.79 Å². The van der Waals surface area contributed by atoms with Gasteiger partial charge in [0.05, 0.1) is 18.3 Å². The van der Waals surface area contributed by atoms with Gasteiger partial charge >= 0.3 is 0 Å². The Kier molecular flexibility index (Phi) is 5.43. The number of nitrogens with zero attached hydrogens (tertiary/aromatic N) is 5. The molecule has 1 aliphatic carbocycles. The average molecular weight is 434 g/mol. The van der Waals surface area contributed by atoms with Crippen LogP contribution in [0.15, 0.2) is 36.7 Å². The van der Waals surface area contributed by atoms with Gasteiger partial charge in [0.1, 0.15) is 18.5 Å². The van der Waals surface area contributed by atoms with Gasteiger partial charge in [-0.15, -0.1) is 0 Å². The first-order valence-corrected chi connectivity index (χ1v) is 11.2. The number of rotatable bonds is 6. The predicted octanol–water partition coefficient (Wildman–Crippen LogP) is 2.63. The maximum atomic E-state index is 13.1. The molecule has 1 amide bonds. The van der Waals surface area contributed by atoms with Crippen molar-refractivity contribution in [3.8, 4) is 11.9 Å². The van der Waals surface area contributed by atoms with Crippen molar-refractivity contribution in [1.29, 1.82) is 5.26 Å². The van der Waals surface area contributed by atoms with Crippen molar-refractivity contribution in [2.24, 2.45) is 0 Å². The van der Waals surface area contributed by atoms with Crippen LogP contribution in [0.1, 0.15) is 43.2 Å². The Balaban J connectivity index is 1.23. The maximum Gasteiger partial charge on any atom is 0.248 e. The Morgan fingerprint density at radius 3 is 2.59 bits per heavy atom. The van der Waals surface area contributed by atoms with E-state index in [2.05, 4.69) is 20.9 Å². The van der Waals surface area contributed by atoms with Gasteiger partial charge in [-0.25, -0.2) is 9.97 Å².